The maximum atomic E-state index is 11.4. The number of aromatic nitrogens is 5. The molecule has 10 nitrogen and oxygen atoms in total. The average Bonchev–Trinajstić information content (AvgIpc) is 3.57. The van der Waals surface area contributed by atoms with Gasteiger partial charge in [0.25, 0.3) is 0 Å². The average molecular weight is 488 g/mol. The molecule has 1 atom stereocenters. The van der Waals surface area contributed by atoms with Gasteiger partial charge in [-0.05, 0) is 44.5 Å². The van der Waals surface area contributed by atoms with E-state index in [2.05, 4.69) is 50.7 Å². The van der Waals surface area contributed by atoms with E-state index in [1.165, 1.54) is 11.3 Å². The molecule has 4 aromatic rings. The Morgan fingerprint density at radius 3 is 2.89 bits per heavy atom. The first-order valence-corrected chi connectivity index (χ1v) is 12.2. The van der Waals surface area contributed by atoms with E-state index in [1.54, 1.807) is 23.7 Å². The van der Waals surface area contributed by atoms with E-state index in [1.807, 2.05) is 24.4 Å². The van der Waals surface area contributed by atoms with Crippen LogP contribution in [0.4, 0.5) is 10.8 Å². The van der Waals surface area contributed by atoms with E-state index >= 15 is 0 Å². The van der Waals surface area contributed by atoms with Crippen molar-refractivity contribution < 1.29 is 4.79 Å². The Morgan fingerprint density at radius 2 is 2.11 bits per heavy atom. The second-order valence-electron chi connectivity index (χ2n) is 8.85. The van der Waals surface area contributed by atoms with E-state index in [4.69, 9.17) is 10.2 Å². The van der Waals surface area contributed by atoms with Crippen LogP contribution in [0.1, 0.15) is 32.8 Å². The number of carbonyl (C=O) groups excluding carboxylic acids is 1. The first kappa shape index (κ1) is 22.7. The fraction of sp³-hybridized carbons (Fsp3) is 0.333. The van der Waals surface area contributed by atoms with Gasteiger partial charge in [-0.15, -0.1) is 10.2 Å². The number of nitrogens with zero attached hydrogens (tertiary/aromatic N) is 7. The van der Waals surface area contributed by atoms with Crippen molar-refractivity contribution in [1.29, 1.82) is 5.26 Å². The van der Waals surface area contributed by atoms with Gasteiger partial charge in [-0.2, -0.15) is 10.4 Å². The molecule has 1 aliphatic heterocycles. The van der Waals surface area contributed by atoms with Crippen LogP contribution in [-0.4, -0.2) is 55.9 Å². The minimum Gasteiger partial charge on any atom is -0.382 e. The summed E-state index contributed by atoms with van der Waals surface area (Å²) >= 11 is 1.52. The third kappa shape index (κ3) is 4.65. The van der Waals surface area contributed by atoms with Gasteiger partial charge in [0, 0.05) is 44.0 Å². The van der Waals surface area contributed by atoms with Crippen molar-refractivity contribution in [2.24, 2.45) is 0 Å². The Balaban J connectivity index is 1.46. The highest BCUT2D eigenvalue weighted by atomic mass is 32.1. The van der Waals surface area contributed by atoms with Crippen molar-refractivity contribution >= 4 is 33.6 Å². The fourth-order valence-corrected chi connectivity index (χ4v) is 5.15. The number of rotatable bonds is 6. The van der Waals surface area contributed by atoms with Crippen LogP contribution in [-0.2, 0) is 4.79 Å². The summed E-state index contributed by atoms with van der Waals surface area (Å²) in [6.07, 6.45) is 4.26. The monoisotopic (exact) mass is 487 g/mol. The summed E-state index contributed by atoms with van der Waals surface area (Å²) in [7, 11) is 0. The molecule has 1 fully saturated rings. The molecule has 1 amide bonds. The highest BCUT2D eigenvalue weighted by Crippen LogP contribution is 2.36. The van der Waals surface area contributed by atoms with Gasteiger partial charge in [-0.1, -0.05) is 11.3 Å². The predicted molar refractivity (Wildman–Crippen MR) is 135 cm³/mol. The summed E-state index contributed by atoms with van der Waals surface area (Å²) in [5.41, 5.74) is 4.73. The fourth-order valence-electron chi connectivity index (χ4n) is 4.24. The lowest BCUT2D eigenvalue weighted by Gasteiger charge is -2.15. The molecular weight excluding hydrogens is 462 g/mol. The summed E-state index contributed by atoms with van der Waals surface area (Å²) in [4.78, 5) is 18.3. The summed E-state index contributed by atoms with van der Waals surface area (Å²) in [5.74, 6) is -0.0122. The lowest BCUT2D eigenvalue weighted by molar-refractivity contribution is -0.119. The molecule has 0 aliphatic carbocycles. The van der Waals surface area contributed by atoms with Gasteiger partial charge in [-0.25, -0.2) is 4.52 Å². The summed E-state index contributed by atoms with van der Waals surface area (Å²) in [6, 6.07) is 10.1. The van der Waals surface area contributed by atoms with Crippen LogP contribution in [0.15, 0.2) is 36.7 Å². The Morgan fingerprint density at radius 1 is 1.26 bits per heavy atom. The van der Waals surface area contributed by atoms with Crippen LogP contribution in [0.3, 0.4) is 0 Å². The SMILES string of the molecule is CC(=O)N[C@H]1CCN(c2nnc(-c3cnc(-c4ccc5cc(C#N)cnn45)cc3NC(C)C)s2)C1. The molecule has 0 unspecified atom stereocenters. The van der Waals surface area contributed by atoms with Gasteiger partial charge in [0.05, 0.1) is 34.2 Å². The number of carbonyl (C=O) groups is 1. The summed E-state index contributed by atoms with van der Waals surface area (Å²) < 4.78 is 1.78. The van der Waals surface area contributed by atoms with Gasteiger partial charge in [0.1, 0.15) is 6.07 Å². The van der Waals surface area contributed by atoms with E-state index in [0.717, 1.165) is 57.8 Å². The largest absolute Gasteiger partial charge is 0.382 e. The Hall–Kier alpha value is -4.04. The number of nitriles is 1. The van der Waals surface area contributed by atoms with Crippen LogP contribution in [0, 0.1) is 11.3 Å². The minimum absolute atomic E-state index is 0.0122. The van der Waals surface area contributed by atoms with Gasteiger partial charge < -0.3 is 15.5 Å². The number of pyridine rings is 1. The molecule has 0 bridgehead atoms. The summed E-state index contributed by atoms with van der Waals surface area (Å²) in [5, 5.41) is 30.6. The Bertz CT molecular complexity index is 1430. The molecule has 0 aromatic carbocycles. The van der Waals surface area contributed by atoms with Crippen molar-refractivity contribution in [3.8, 4) is 28.0 Å². The smallest absolute Gasteiger partial charge is 0.217 e. The van der Waals surface area contributed by atoms with E-state index < -0.39 is 0 Å². The summed E-state index contributed by atoms with van der Waals surface area (Å²) in [6.45, 7) is 7.26. The maximum Gasteiger partial charge on any atom is 0.217 e. The predicted octanol–water partition coefficient (Wildman–Crippen LogP) is 3.32. The van der Waals surface area contributed by atoms with Gasteiger partial charge in [-0.3, -0.25) is 9.78 Å². The number of fused-ring (bicyclic) bond motifs is 1. The van der Waals surface area contributed by atoms with Crippen LogP contribution >= 0.6 is 11.3 Å². The Kier molecular flexibility index (Phi) is 6.05. The number of hydrogen-bond donors (Lipinski definition) is 2. The normalized spacial score (nSPS) is 15.5. The van der Waals surface area contributed by atoms with Crippen molar-refractivity contribution in [3.63, 3.8) is 0 Å². The van der Waals surface area contributed by atoms with Crippen molar-refractivity contribution in [3.05, 3.63) is 42.2 Å². The molecule has 178 valence electrons. The standard InChI is InChI=1S/C24H25N9OS/c1-14(2)28-20-9-21(22-5-4-18-8-16(10-25)11-27-33(18)22)26-12-19(20)23-30-31-24(35-23)32-7-6-17(13-32)29-15(3)34/h4-5,8-9,11-12,14,17H,6-7,13H2,1-3H3,(H,26,28)(H,29,34)/t17-/m0/s1. The first-order chi connectivity index (χ1) is 16.9. The minimum atomic E-state index is -0.0122. The molecule has 1 aliphatic rings. The topological polar surface area (TPSA) is 124 Å². The molecule has 35 heavy (non-hydrogen) atoms. The molecule has 5 rings (SSSR count). The molecule has 11 heteroatoms. The third-order valence-corrected chi connectivity index (χ3v) is 6.77. The third-order valence-electron chi connectivity index (χ3n) is 5.75. The molecule has 0 saturated carbocycles. The molecule has 1 saturated heterocycles. The van der Waals surface area contributed by atoms with Crippen molar-refractivity contribution in [1.82, 2.24) is 30.1 Å². The van der Waals surface area contributed by atoms with E-state index in [0.29, 0.717) is 5.56 Å². The van der Waals surface area contributed by atoms with Gasteiger partial charge >= 0.3 is 0 Å². The number of anilines is 2. The quantitative estimate of drug-likeness (QED) is 0.424. The number of amides is 1. The van der Waals surface area contributed by atoms with Crippen molar-refractivity contribution in [2.45, 2.75) is 39.3 Å². The van der Waals surface area contributed by atoms with Gasteiger partial charge in [0.2, 0.25) is 11.0 Å². The lowest BCUT2D eigenvalue weighted by atomic mass is 10.1. The zero-order valence-electron chi connectivity index (χ0n) is 19.7. The number of hydrogen-bond acceptors (Lipinski definition) is 9. The van der Waals surface area contributed by atoms with Crippen LogP contribution in [0.2, 0.25) is 0 Å². The molecule has 0 radical (unpaired) electrons. The second-order valence-corrected chi connectivity index (χ2v) is 9.80. The molecular formula is C24H25N9OS. The molecule has 2 N–H and O–H groups in total. The van der Waals surface area contributed by atoms with E-state index in [-0.39, 0.29) is 18.0 Å². The van der Waals surface area contributed by atoms with Crippen LogP contribution < -0.4 is 15.5 Å². The maximum absolute atomic E-state index is 11.4. The zero-order chi connectivity index (χ0) is 24.5. The van der Waals surface area contributed by atoms with Gasteiger partial charge in [0.15, 0.2) is 5.01 Å². The molecule has 4 aromatic heterocycles. The highest BCUT2D eigenvalue weighted by Gasteiger charge is 2.26. The number of nitrogens with one attached hydrogen (secondary N) is 2. The van der Waals surface area contributed by atoms with Crippen LogP contribution in [0.5, 0.6) is 0 Å². The molecule has 0 spiro atoms. The second kappa shape index (κ2) is 9.31. The zero-order valence-corrected chi connectivity index (χ0v) is 20.5. The highest BCUT2D eigenvalue weighted by molar-refractivity contribution is 7.18. The molecule has 5 heterocycles. The Labute approximate surface area is 206 Å². The van der Waals surface area contributed by atoms with E-state index in [9.17, 15) is 4.79 Å². The lowest BCUT2D eigenvalue weighted by Crippen LogP contribution is -2.35. The first-order valence-electron chi connectivity index (χ1n) is 11.4. The van der Waals surface area contributed by atoms with Crippen molar-refractivity contribution in [2.75, 3.05) is 23.3 Å². The van der Waals surface area contributed by atoms with Crippen LogP contribution in [0.25, 0.3) is 27.5 Å².